The normalized spacial score (nSPS) is 12.7. The first-order valence-electron chi connectivity index (χ1n) is 5.50. The number of carboxylic acids is 1. The third kappa shape index (κ3) is 9.52. The molecular formula is C11H22O3. The van der Waals surface area contributed by atoms with E-state index in [1.165, 1.54) is 25.7 Å². The summed E-state index contributed by atoms with van der Waals surface area (Å²) in [5.74, 6) is -0.788. The first-order valence-corrected chi connectivity index (χ1v) is 5.50. The van der Waals surface area contributed by atoms with Gasteiger partial charge in [-0.2, -0.15) is 0 Å². The van der Waals surface area contributed by atoms with E-state index in [9.17, 15) is 4.79 Å². The number of aliphatic carboxylic acids is 1. The Morgan fingerprint density at radius 3 is 2.50 bits per heavy atom. The molecular weight excluding hydrogens is 180 g/mol. The van der Waals surface area contributed by atoms with Gasteiger partial charge >= 0.3 is 5.97 Å². The van der Waals surface area contributed by atoms with Gasteiger partial charge in [-0.15, -0.1) is 0 Å². The summed E-state index contributed by atoms with van der Waals surface area (Å²) in [7, 11) is 0. The highest BCUT2D eigenvalue weighted by atomic mass is 16.5. The molecule has 0 bridgehead atoms. The van der Waals surface area contributed by atoms with Crippen LogP contribution < -0.4 is 0 Å². The molecule has 3 heteroatoms. The molecule has 3 nitrogen and oxygen atoms in total. The second-order valence-electron chi connectivity index (χ2n) is 3.69. The van der Waals surface area contributed by atoms with Gasteiger partial charge in [-0.3, -0.25) is 4.79 Å². The molecule has 0 radical (unpaired) electrons. The fourth-order valence-electron chi connectivity index (χ4n) is 1.29. The summed E-state index contributed by atoms with van der Waals surface area (Å²) in [6.07, 6.45) is 5.97. The lowest BCUT2D eigenvalue weighted by Gasteiger charge is -2.10. The van der Waals surface area contributed by atoms with Gasteiger partial charge in [0.15, 0.2) is 0 Å². The van der Waals surface area contributed by atoms with Gasteiger partial charge in [0.25, 0.3) is 0 Å². The van der Waals surface area contributed by atoms with Crippen LogP contribution in [0.5, 0.6) is 0 Å². The highest BCUT2D eigenvalue weighted by Gasteiger charge is 2.06. The van der Waals surface area contributed by atoms with E-state index in [1.54, 1.807) is 6.92 Å². The Labute approximate surface area is 86.5 Å². The van der Waals surface area contributed by atoms with Crippen LogP contribution in [-0.2, 0) is 9.53 Å². The number of hydrogen-bond donors (Lipinski definition) is 1. The molecule has 0 aromatic heterocycles. The van der Waals surface area contributed by atoms with Crippen molar-refractivity contribution in [2.45, 2.75) is 58.5 Å². The summed E-state index contributed by atoms with van der Waals surface area (Å²) >= 11 is 0. The summed E-state index contributed by atoms with van der Waals surface area (Å²) in [5.41, 5.74) is 0. The molecule has 0 unspecified atom stereocenters. The van der Waals surface area contributed by atoms with Crippen LogP contribution in [0.1, 0.15) is 52.4 Å². The van der Waals surface area contributed by atoms with Crippen LogP contribution >= 0.6 is 0 Å². The van der Waals surface area contributed by atoms with Crippen molar-refractivity contribution in [3.05, 3.63) is 0 Å². The topological polar surface area (TPSA) is 46.5 Å². The van der Waals surface area contributed by atoms with Crippen LogP contribution in [-0.4, -0.2) is 23.8 Å². The van der Waals surface area contributed by atoms with Crippen molar-refractivity contribution < 1.29 is 14.6 Å². The van der Waals surface area contributed by atoms with Crippen molar-refractivity contribution in [2.24, 2.45) is 0 Å². The Balaban J connectivity index is 3.14. The lowest BCUT2D eigenvalue weighted by Crippen LogP contribution is -2.14. The molecule has 0 aliphatic rings. The van der Waals surface area contributed by atoms with Gasteiger partial charge in [-0.05, 0) is 13.3 Å². The Morgan fingerprint density at radius 2 is 1.93 bits per heavy atom. The van der Waals surface area contributed by atoms with Crippen molar-refractivity contribution in [2.75, 3.05) is 6.61 Å². The minimum atomic E-state index is -0.788. The Hall–Kier alpha value is -0.570. The zero-order valence-corrected chi connectivity index (χ0v) is 9.29. The Bertz CT molecular complexity index is 145. The summed E-state index contributed by atoms with van der Waals surface area (Å²) < 4.78 is 5.35. The van der Waals surface area contributed by atoms with E-state index in [4.69, 9.17) is 9.84 Å². The van der Waals surface area contributed by atoms with Crippen LogP contribution in [0.25, 0.3) is 0 Å². The van der Waals surface area contributed by atoms with E-state index in [0.29, 0.717) is 6.61 Å². The maximum absolute atomic E-state index is 10.3. The molecule has 0 amide bonds. The smallest absolute Gasteiger partial charge is 0.305 e. The molecule has 0 aromatic rings. The largest absolute Gasteiger partial charge is 0.481 e. The van der Waals surface area contributed by atoms with Crippen molar-refractivity contribution >= 4 is 5.97 Å². The van der Waals surface area contributed by atoms with Gasteiger partial charge in [0, 0.05) is 6.61 Å². The Kier molecular flexibility index (Phi) is 8.64. The lowest BCUT2D eigenvalue weighted by molar-refractivity contribution is -0.139. The monoisotopic (exact) mass is 202 g/mol. The molecule has 1 atom stereocenters. The zero-order chi connectivity index (χ0) is 10.8. The molecule has 0 saturated carbocycles. The molecule has 0 spiro atoms. The molecule has 84 valence electrons. The molecule has 0 rings (SSSR count). The second-order valence-corrected chi connectivity index (χ2v) is 3.69. The highest BCUT2D eigenvalue weighted by Crippen LogP contribution is 2.04. The molecule has 0 aromatic carbocycles. The average Bonchev–Trinajstić information content (AvgIpc) is 2.10. The first kappa shape index (κ1) is 13.4. The quantitative estimate of drug-likeness (QED) is 0.585. The van der Waals surface area contributed by atoms with E-state index in [2.05, 4.69) is 6.92 Å². The number of rotatable bonds is 9. The third-order valence-electron chi connectivity index (χ3n) is 2.11. The minimum absolute atomic E-state index is 0.106. The summed E-state index contributed by atoms with van der Waals surface area (Å²) in [6, 6.07) is 0. The van der Waals surface area contributed by atoms with Crippen LogP contribution in [0.3, 0.4) is 0 Å². The van der Waals surface area contributed by atoms with E-state index in [-0.39, 0.29) is 12.5 Å². The summed E-state index contributed by atoms with van der Waals surface area (Å²) in [4.78, 5) is 10.3. The number of hydrogen-bond acceptors (Lipinski definition) is 2. The predicted octanol–water partition coefficient (Wildman–Crippen LogP) is 2.84. The molecule has 0 saturated heterocycles. The molecule has 0 fully saturated rings. The van der Waals surface area contributed by atoms with Crippen molar-refractivity contribution in [1.82, 2.24) is 0 Å². The summed E-state index contributed by atoms with van der Waals surface area (Å²) in [5, 5.41) is 8.48. The third-order valence-corrected chi connectivity index (χ3v) is 2.11. The van der Waals surface area contributed by atoms with Gasteiger partial charge in [0.05, 0.1) is 12.5 Å². The SMILES string of the molecule is CCCCCCCO[C@@H](C)CC(=O)O. The van der Waals surface area contributed by atoms with E-state index >= 15 is 0 Å². The Morgan fingerprint density at radius 1 is 1.29 bits per heavy atom. The maximum Gasteiger partial charge on any atom is 0.305 e. The molecule has 0 aliphatic heterocycles. The summed E-state index contributed by atoms with van der Waals surface area (Å²) in [6.45, 7) is 4.68. The minimum Gasteiger partial charge on any atom is -0.481 e. The fraction of sp³-hybridized carbons (Fsp3) is 0.909. The van der Waals surface area contributed by atoms with Crippen LogP contribution in [0.15, 0.2) is 0 Å². The first-order chi connectivity index (χ1) is 6.66. The zero-order valence-electron chi connectivity index (χ0n) is 9.29. The van der Waals surface area contributed by atoms with E-state index in [0.717, 1.165) is 6.42 Å². The van der Waals surface area contributed by atoms with Gasteiger partial charge in [-0.25, -0.2) is 0 Å². The number of carbonyl (C=O) groups is 1. The van der Waals surface area contributed by atoms with Gasteiger partial charge in [0.1, 0.15) is 0 Å². The lowest BCUT2D eigenvalue weighted by atomic mass is 10.2. The number of carboxylic acid groups (broad SMARTS) is 1. The maximum atomic E-state index is 10.3. The molecule has 1 N–H and O–H groups in total. The predicted molar refractivity (Wildman–Crippen MR) is 56.4 cm³/mol. The highest BCUT2D eigenvalue weighted by molar-refractivity contribution is 5.67. The van der Waals surface area contributed by atoms with Crippen molar-refractivity contribution in [1.29, 1.82) is 0 Å². The number of ether oxygens (including phenoxy) is 1. The standard InChI is InChI=1S/C11H22O3/c1-3-4-5-6-7-8-14-10(2)9-11(12)13/h10H,3-9H2,1-2H3,(H,12,13)/t10-/m0/s1. The van der Waals surface area contributed by atoms with Gasteiger partial charge in [-0.1, -0.05) is 32.6 Å². The number of unbranched alkanes of at least 4 members (excludes halogenated alkanes) is 4. The van der Waals surface area contributed by atoms with E-state index < -0.39 is 5.97 Å². The van der Waals surface area contributed by atoms with Gasteiger partial charge in [0.2, 0.25) is 0 Å². The van der Waals surface area contributed by atoms with Crippen LogP contribution in [0.4, 0.5) is 0 Å². The molecule has 14 heavy (non-hydrogen) atoms. The van der Waals surface area contributed by atoms with Crippen LogP contribution in [0.2, 0.25) is 0 Å². The molecule has 0 aliphatic carbocycles. The molecule has 0 heterocycles. The fourth-order valence-corrected chi connectivity index (χ4v) is 1.29. The van der Waals surface area contributed by atoms with Gasteiger partial charge < -0.3 is 9.84 Å². The van der Waals surface area contributed by atoms with Crippen molar-refractivity contribution in [3.8, 4) is 0 Å². The second kappa shape index (κ2) is 9.00. The van der Waals surface area contributed by atoms with E-state index in [1.807, 2.05) is 0 Å². The average molecular weight is 202 g/mol. The van der Waals surface area contributed by atoms with Crippen molar-refractivity contribution in [3.63, 3.8) is 0 Å². The van der Waals surface area contributed by atoms with Crippen LogP contribution in [0, 0.1) is 0 Å².